The zero-order valence-corrected chi connectivity index (χ0v) is 13.4. The molecule has 2 aromatic rings. The van der Waals surface area contributed by atoms with E-state index in [2.05, 4.69) is 16.3 Å². The molecule has 0 radical (unpaired) electrons. The van der Waals surface area contributed by atoms with Crippen LogP contribution in [0.3, 0.4) is 0 Å². The Labute approximate surface area is 132 Å². The molecule has 1 N–H and O–H groups in total. The Morgan fingerprint density at radius 3 is 3.14 bits per heavy atom. The summed E-state index contributed by atoms with van der Waals surface area (Å²) in [7, 11) is 0. The maximum atomic E-state index is 14.0. The number of halogens is 2. The second-order valence-corrected chi connectivity index (χ2v) is 7.11. The van der Waals surface area contributed by atoms with E-state index in [0.29, 0.717) is 10.7 Å². The number of carbonyl (C=O) groups is 1. The van der Waals surface area contributed by atoms with Crippen LogP contribution in [0.2, 0.25) is 5.02 Å². The summed E-state index contributed by atoms with van der Waals surface area (Å²) in [5.41, 5.74) is 0.0106. The van der Waals surface area contributed by atoms with Crippen LogP contribution >= 0.6 is 34.5 Å². The molecule has 0 saturated heterocycles. The quantitative estimate of drug-likeness (QED) is 0.928. The van der Waals surface area contributed by atoms with E-state index in [-0.39, 0.29) is 22.0 Å². The van der Waals surface area contributed by atoms with Crippen molar-refractivity contribution in [2.45, 2.75) is 26.3 Å². The molecule has 0 saturated carbocycles. The number of fused-ring (bicyclic) bond motifs is 1. The van der Waals surface area contributed by atoms with Crippen molar-refractivity contribution < 1.29 is 14.3 Å². The van der Waals surface area contributed by atoms with Gasteiger partial charge in [0.1, 0.15) is 11.5 Å². The third-order valence-corrected chi connectivity index (χ3v) is 5.43. The number of aromatic nitrogens is 2. The van der Waals surface area contributed by atoms with Gasteiger partial charge in [0.05, 0.1) is 11.4 Å². The molecule has 3 heterocycles. The van der Waals surface area contributed by atoms with Gasteiger partial charge < -0.3 is 9.67 Å². The smallest absolute Gasteiger partial charge is 0.308 e. The van der Waals surface area contributed by atoms with Gasteiger partial charge in [-0.1, -0.05) is 18.5 Å². The predicted molar refractivity (Wildman–Crippen MR) is 78.8 cm³/mol. The lowest BCUT2D eigenvalue weighted by Gasteiger charge is -1.98. The Balaban J connectivity index is 2.05. The molecule has 9 heteroatoms. The first-order valence-electron chi connectivity index (χ1n) is 6.24. The molecule has 112 valence electrons. The fourth-order valence-electron chi connectivity index (χ4n) is 2.26. The maximum Gasteiger partial charge on any atom is 0.308 e. The minimum absolute atomic E-state index is 0.0106. The molecule has 0 bridgehead atoms. The SMILES string of the molecule is CC1Cc2nsc(=Nc3c(F)sc(CC(=O)O)c3Cl)n2C1. The third kappa shape index (κ3) is 2.75. The molecule has 0 aromatic carbocycles. The molecule has 2 aromatic heterocycles. The first-order chi connectivity index (χ1) is 9.95. The highest BCUT2D eigenvalue weighted by molar-refractivity contribution is 7.11. The minimum atomic E-state index is -1.05. The molecule has 0 amide bonds. The number of hydrogen-bond donors (Lipinski definition) is 1. The van der Waals surface area contributed by atoms with Gasteiger partial charge in [0.2, 0.25) is 9.93 Å². The van der Waals surface area contributed by atoms with Crippen LogP contribution in [0.4, 0.5) is 10.1 Å². The normalized spacial score (nSPS) is 18.2. The third-order valence-electron chi connectivity index (χ3n) is 3.17. The van der Waals surface area contributed by atoms with Crippen molar-refractivity contribution in [3.63, 3.8) is 0 Å². The van der Waals surface area contributed by atoms with Crippen LogP contribution in [0.15, 0.2) is 4.99 Å². The monoisotopic (exact) mass is 347 g/mol. The molecule has 1 unspecified atom stereocenters. The molecule has 3 rings (SSSR count). The molecule has 0 fully saturated rings. The topological polar surface area (TPSA) is 67.5 Å². The van der Waals surface area contributed by atoms with Crippen LogP contribution < -0.4 is 4.80 Å². The summed E-state index contributed by atoms with van der Waals surface area (Å²) < 4.78 is 20.2. The Morgan fingerprint density at radius 1 is 1.67 bits per heavy atom. The fourth-order valence-corrected chi connectivity index (χ4v) is 4.24. The highest BCUT2D eigenvalue weighted by atomic mass is 35.5. The van der Waals surface area contributed by atoms with Gasteiger partial charge in [-0.2, -0.15) is 8.76 Å². The highest BCUT2D eigenvalue weighted by Gasteiger charge is 2.22. The first-order valence-corrected chi connectivity index (χ1v) is 8.21. The molecule has 0 spiro atoms. The summed E-state index contributed by atoms with van der Waals surface area (Å²) in [6, 6.07) is 0. The highest BCUT2D eigenvalue weighted by Crippen LogP contribution is 2.38. The lowest BCUT2D eigenvalue weighted by molar-refractivity contribution is -0.136. The molecule has 1 aliphatic rings. The molecule has 21 heavy (non-hydrogen) atoms. The summed E-state index contributed by atoms with van der Waals surface area (Å²) in [6.45, 7) is 2.92. The zero-order valence-electron chi connectivity index (χ0n) is 11.0. The molecular formula is C12H11ClFN3O2S2. The predicted octanol–water partition coefficient (Wildman–Crippen LogP) is 2.85. The number of thiophene rings is 1. The summed E-state index contributed by atoms with van der Waals surface area (Å²) in [6.07, 6.45) is 0.580. The van der Waals surface area contributed by atoms with Gasteiger partial charge in [-0.3, -0.25) is 4.79 Å². The van der Waals surface area contributed by atoms with Crippen molar-refractivity contribution >= 4 is 46.1 Å². The van der Waals surface area contributed by atoms with Gasteiger partial charge >= 0.3 is 5.97 Å². The standard InChI is InChI=1S/C12H11ClFN3O2S2/c1-5-2-7-16-21-12(17(7)4-5)15-10-9(13)6(3-8(18)19)20-11(10)14/h5H,2-4H2,1H3,(H,18,19). The number of rotatable bonds is 3. The molecular weight excluding hydrogens is 337 g/mol. The first kappa shape index (κ1) is 14.7. The van der Waals surface area contributed by atoms with E-state index in [1.54, 1.807) is 0 Å². The van der Waals surface area contributed by atoms with Crippen LogP contribution in [0.25, 0.3) is 0 Å². The van der Waals surface area contributed by atoms with Gasteiger partial charge in [-0.05, 0) is 5.92 Å². The van der Waals surface area contributed by atoms with Gasteiger partial charge in [0.25, 0.3) is 0 Å². The fraction of sp³-hybridized carbons (Fsp3) is 0.417. The molecule has 0 aliphatic carbocycles. The van der Waals surface area contributed by atoms with Crippen molar-refractivity contribution in [2.75, 3.05) is 0 Å². The number of carboxylic acid groups (broad SMARTS) is 1. The van der Waals surface area contributed by atoms with Crippen molar-refractivity contribution in [3.8, 4) is 0 Å². The summed E-state index contributed by atoms with van der Waals surface area (Å²) in [4.78, 5) is 15.9. The van der Waals surface area contributed by atoms with E-state index in [1.807, 2.05) is 4.57 Å². The van der Waals surface area contributed by atoms with Crippen LogP contribution in [0.5, 0.6) is 0 Å². The van der Waals surface area contributed by atoms with Crippen molar-refractivity contribution in [1.29, 1.82) is 0 Å². The van der Waals surface area contributed by atoms with E-state index in [1.165, 1.54) is 11.5 Å². The van der Waals surface area contributed by atoms with Crippen molar-refractivity contribution in [1.82, 2.24) is 8.94 Å². The van der Waals surface area contributed by atoms with Gasteiger partial charge in [-0.25, -0.2) is 4.99 Å². The Kier molecular flexibility index (Phi) is 3.85. The number of hydrogen-bond acceptors (Lipinski definition) is 5. The van der Waals surface area contributed by atoms with E-state index in [9.17, 15) is 9.18 Å². The molecule has 1 atom stereocenters. The largest absolute Gasteiger partial charge is 0.481 e. The van der Waals surface area contributed by atoms with E-state index in [4.69, 9.17) is 16.7 Å². The Bertz CT molecular complexity index is 780. The van der Waals surface area contributed by atoms with Gasteiger partial charge in [0.15, 0.2) is 0 Å². The average molecular weight is 348 g/mol. The van der Waals surface area contributed by atoms with Crippen molar-refractivity contribution in [2.24, 2.45) is 10.9 Å². The van der Waals surface area contributed by atoms with Crippen LogP contribution in [0, 0.1) is 11.0 Å². The van der Waals surface area contributed by atoms with E-state index < -0.39 is 11.1 Å². The number of nitrogens with zero attached hydrogens (tertiary/aromatic N) is 3. The van der Waals surface area contributed by atoms with E-state index in [0.717, 1.165) is 30.1 Å². The second kappa shape index (κ2) is 5.51. The summed E-state index contributed by atoms with van der Waals surface area (Å²) in [5, 5.41) is 8.30. The van der Waals surface area contributed by atoms with Crippen LogP contribution in [-0.2, 0) is 24.2 Å². The average Bonchev–Trinajstić information content (AvgIpc) is 2.99. The zero-order chi connectivity index (χ0) is 15.1. The molecule has 1 aliphatic heterocycles. The van der Waals surface area contributed by atoms with Crippen molar-refractivity contribution in [3.05, 3.63) is 25.7 Å². The summed E-state index contributed by atoms with van der Waals surface area (Å²) >= 11 is 7.98. The van der Waals surface area contributed by atoms with Crippen LogP contribution in [0.1, 0.15) is 17.6 Å². The summed E-state index contributed by atoms with van der Waals surface area (Å²) in [5.74, 6) is 0.385. The number of aliphatic carboxylic acids is 1. The van der Waals surface area contributed by atoms with E-state index >= 15 is 0 Å². The van der Waals surface area contributed by atoms with Crippen LogP contribution in [-0.4, -0.2) is 20.0 Å². The lowest BCUT2D eigenvalue weighted by atomic mass is 10.1. The minimum Gasteiger partial charge on any atom is -0.481 e. The maximum absolute atomic E-state index is 14.0. The Morgan fingerprint density at radius 2 is 2.43 bits per heavy atom. The van der Waals surface area contributed by atoms with Gasteiger partial charge in [-0.15, -0.1) is 11.3 Å². The number of carboxylic acids is 1. The molecule has 5 nitrogen and oxygen atoms in total. The second-order valence-electron chi connectivity index (χ2n) is 4.95. The Hall–Kier alpha value is -1.25. The van der Waals surface area contributed by atoms with Gasteiger partial charge in [0, 0.05) is 29.4 Å². The lowest BCUT2D eigenvalue weighted by Crippen LogP contribution is -2.13.